The molecule has 0 bridgehead atoms. The highest BCUT2D eigenvalue weighted by atomic mass is 16.2. The molecule has 1 saturated heterocycles. The summed E-state index contributed by atoms with van der Waals surface area (Å²) < 4.78 is 0. The molecule has 1 N–H and O–H groups in total. The number of carbonyl (C=O) groups is 2. The van der Waals surface area contributed by atoms with Crippen LogP contribution >= 0.6 is 0 Å². The molecule has 0 spiro atoms. The van der Waals surface area contributed by atoms with Crippen molar-refractivity contribution in [2.45, 2.75) is 51.0 Å². The molecule has 0 aromatic heterocycles. The lowest BCUT2D eigenvalue weighted by Crippen LogP contribution is -2.66. The molecule has 1 unspecified atom stereocenters. The van der Waals surface area contributed by atoms with E-state index in [1.807, 2.05) is 6.92 Å². The second-order valence-corrected chi connectivity index (χ2v) is 6.34. The van der Waals surface area contributed by atoms with Gasteiger partial charge in [0.15, 0.2) is 0 Å². The average molecular weight is 250 g/mol. The molecule has 2 aliphatic carbocycles. The summed E-state index contributed by atoms with van der Waals surface area (Å²) in [7, 11) is 0. The van der Waals surface area contributed by atoms with Crippen LogP contribution in [0.4, 0.5) is 0 Å². The Balaban J connectivity index is 1.61. The lowest BCUT2D eigenvalue weighted by Gasteiger charge is -2.40. The van der Waals surface area contributed by atoms with Crippen molar-refractivity contribution in [3.8, 4) is 0 Å². The SMILES string of the molecule is CC1(C2CC2)NC(=O)CN(CCCC2CC2)C1=O. The largest absolute Gasteiger partial charge is 0.340 e. The molecule has 3 fully saturated rings. The van der Waals surface area contributed by atoms with Crippen LogP contribution in [0.25, 0.3) is 0 Å². The van der Waals surface area contributed by atoms with Crippen LogP contribution in [-0.4, -0.2) is 35.3 Å². The van der Waals surface area contributed by atoms with Crippen molar-refractivity contribution in [2.75, 3.05) is 13.1 Å². The molecular formula is C14H22N2O2. The molecule has 0 radical (unpaired) electrons. The van der Waals surface area contributed by atoms with Crippen molar-refractivity contribution < 1.29 is 9.59 Å². The molecule has 0 aromatic carbocycles. The van der Waals surface area contributed by atoms with Crippen LogP contribution in [0.1, 0.15) is 45.4 Å². The minimum atomic E-state index is -0.616. The Hall–Kier alpha value is -1.06. The van der Waals surface area contributed by atoms with Gasteiger partial charge in [0.25, 0.3) is 0 Å². The molecular weight excluding hydrogens is 228 g/mol. The van der Waals surface area contributed by atoms with Crippen molar-refractivity contribution in [1.29, 1.82) is 0 Å². The highest BCUT2D eigenvalue weighted by molar-refractivity contribution is 5.98. The van der Waals surface area contributed by atoms with Crippen molar-refractivity contribution in [2.24, 2.45) is 11.8 Å². The summed E-state index contributed by atoms with van der Waals surface area (Å²) in [6.45, 7) is 2.91. The number of carbonyl (C=O) groups excluding carboxylic acids is 2. The van der Waals surface area contributed by atoms with Gasteiger partial charge in [-0.15, -0.1) is 0 Å². The second-order valence-electron chi connectivity index (χ2n) is 6.34. The predicted octanol–water partition coefficient (Wildman–Crippen LogP) is 1.30. The summed E-state index contributed by atoms with van der Waals surface area (Å²) in [6.07, 6.45) is 7.11. The molecule has 2 saturated carbocycles. The van der Waals surface area contributed by atoms with E-state index in [0.717, 1.165) is 31.7 Å². The Labute approximate surface area is 108 Å². The molecule has 1 heterocycles. The quantitative estimate of drug-likeness (QED) is 0.799. The van der Waals surface area contributed by atoms with E-state index in [1.54, 1.807) is 4.90 Å². The third kappa shape index (κ3) is 2.25. The number of nitrogens with zero attached hydrogens (tertiary/aromatic N) is 1. The molecule has 4 heteroatoms. The first kappa shape index (κ1) is 12.0. The fraction of sp³-hybridized carbons (Fsp3) is 0.857. The van der Waals surface area contributed by atoms with E-state index in [4.69, 9.17) is 0 Å². The second kappa shape index (κ2) is 4.25. The van der Waals surface area contributed by atoms with Gasteiger partial charge in [-0.05, 0) is 44.4 Å². The van der Waals surface area contributed by atoms with Gasteiger partial charge in [-0.3, -0.25) is 9.59 Å². The van der Waals surface area contributed by atoms with Gasteiger partial charge in [0.05, 0.1) is 6.54 Å². The van der Waals surface area contributed by atoms with Crippen LogP contribution in [0.5, 0.6) is 0 Å². The topological polar surface area (TPSA) is 49.4 Å². The first-order valence-corrected chi connectivity index (χ1v) is 7.20. The van der Waals surface area contributed by atoms with Crippen LogP contribution < -0.4 is 5.32 Å². The van der Waals surface area contributed by atoms with Gasteiger partial charge in [0, 0.05) is 6.54 Å². The normalized spacial score (nSPS) is 32.6. The number of nitrogens with one attached hydrogen (secondary N) is 1. The summed E-state index contributed by atoms with van der Waals surface area (Å²) in [5.41, 5.74) is -0.616. The van der Waals surface area contributed by atoms with E-state index >= 15 is 0 Å². The standard InChI is InChI=1S/C14H22N2O2/c1-14(11-6-7-11)13(18)16(9-12(17)15-14)8-2-3-10-4-5-10/h10-11H,2-9H2,1H3,(H,15,17). The van der Waals surface area contributed by atoms with Crippen molar-refractivity contribution in [1.82, 2.24) is 10.2 Å². The van der Waals surface area contributed by atoms with Gasteiger partial charge >= 0.3 is 0 Å². The smallest absolute Gasteiger partial charge is 0.248 e. The van der Waals surface area contributed by atoms with Gasteiger partial charge in [-0.2, -0.15) is 0 Å². The van der Waals surface area contributed by atoms with Crippen molar-refractivity contribution in [3.05, 3.63) is 0 Å². The molecule has 0 aromatic rings. The Morgan fingerprint density at radius 1 is 1.28 bits per heavy atom. The monoisotopic (exact) mass is 250 g/mol. The van der Waals surface area contributed by atoms with Gasteiger partial charge in [-0.1, -0.05) is 12.8 Å². The Kier molecular flexibility index (Phi) is 2.83. The van der Waals surface area contributed by atoms with E-state index in [2.05, 4.69) is 5.32 Å². The highest BCUT2D eigenvalue weighted by Gasteiger charge is 2.52. The first-order valence-electron chi connectivity index (χ1n) is 7.20. The van der Waals surface area contributed by atoms with Gasteiger partial charge < -0.3 is 10.2 Å². The average Bonchev–Trinajstić information content (AvgIpc) is 3.15. The maximum absolute atomic E-state index is 12.5. The zero-order valence-corrected chi connectivity index (χ0v) is 11.1. The minimum Gasteiger partial charge on any atom is -0.340 e. The fourth-order valence-corrected chi connectivity index (χ4v) is 3.05. The van der Waals surface area contributed by atoms with Crippen molar-refractivity contribution in [3.63, 3.8) is 0 Å². The van der Waals surface area contributed by atoms with E-state index in [9.17, 15) is 9.59 Å². The van der Waals surface area contributed by atoms with Gasteiger partial charge in [-0.25, -0.2) is 0 Å². The third-order valence-corrected chi connectivity index (χ3v) is 4.60. The van der Waals surface area contributed by atoms with Crippen LogP contribution in [0.15, 0.2) is 0 Å². The molecule has 1 atom stereocenters. The molecule has 4 nitrogen and oxygen atoms in total. The molecule has 1 aliphatic heterocycles. The number of hydrogen-bond acceptors (Lipinski definition) is 2. The zero-order chi connectivity index (χ0) is 12.8. The van der Waals surface area contributed by atoms with Crippen LogP contribution in [0, 0.1) is 11.8 Å². The summed E-state index contributed by atoms with van der Waals surface area (Å²) in [5.74, 6) is 1.41. The Morgan fingerprint density at radius 3 is 2.61 bits per heavy atom. The first-order chi connectivity index (χ1) is 8.59. The maximum Gasteiger partial charge on any atom is 0.248 e. The van der Waals surface area contributed by atoms with Gasteiger partial charge in [0.1, 0.15) is 5.54 Å². The summed E-state index contributed by atoms with van der Waals surface area (Å²) >= 11 is 0. The van der Waals surface area contributed by atoms with E-state index < -0.39 is 5.54 Å². The maximum atomic E-state index is 12.5. The van der Waals surface area contributed by atoms with Crippen LogP contribution in [0.3, 0.4) is 0 Å². The van der Waals surface area contributed by atoms with Gasteiger partial charge in [0.2, 0.25) is 11.8 Å². The lowest BCUT2D eigenvalue weighted by molar-refractivity contribution is -0.150. The summed E-state index contributed by atoms with van der Waals surface area (Å²) in [4.78, 5) is 26.0. The zero-order valence-electron chi connectivity index (χ0n) is 11.1. The Morgan fingerprint density at radius 2 is 2.00 bits per heavy atom. The number of piperazine rings is 1. The number of rotatable bonds is 5. The molecule has 100 valence electrons. The van der Waals surface area contributed by atoms with E-state index in [1.165, 1.54) is 19.3 Å². The third-order valence-electron chi connectivity index (χ3n) is 4.60. The van der Waals surface area contributed by atoms with Crippen molar-refractivity contribution >= 4 is 11.8 Å². The van der Waals surface area contributed by atoms with Crippen LogP contribution in [-0.2, 0) is 9.59 Å². The number of hydrogen-bond donors (Lipinski definition) is 1. The molecule has 3 aliphatic rings. The summed E-state index contributed by atoms with van der Waals surface area (Å²) in [5, 5.41) is 2.92. The molecule has 2 amide bonds. The predicted molar refractivity (Wildman–Crippen MR) is 67.8 cm³/mol. The number of amides is 2. The van der Waals surface area contributed by atoms with E-state index in [0.29, 0.717) is 5.92 Å². The Bertz CT molecular complexity index is 374. The fourth-order valence-electron chi connectivity index (χ4n) is 3.05. The van der Waals surface area contributed by atoms with Crippen LogP contribution in [0.2, 0.25) is 0 Å². The lowest BCUT2D eigenvalue weighted by atomic mass is 9.91. The molecule has 3 rings (SSSR count). The molecule has 18 heavy (non-hydrogen) atoms. The minimum absolute atomic E-state index is 0.00965. The summed E-state index contributed by atoms with van der Waals surface area (Å²) in [6, 6.07) is 0. The van der Waals surface area contributed by atoms with E-state index in [-0.39, 0.29) is 18.4 Å². The highest BCUT2D eigenvalue weighted by Crippen LogP contribution is 2.41.